The zero-order valence-corrected chi connectivity index (χ0v) is 12.5. The van der Waals surface area contributed by atoms with Crippen LogP contribution >= 0.6 is 0 Å². The number of carbonyl (C=O) groups is 1. The lowest BCUT2D eigenvalue weighted by Gasteiger charge is -1.99. The number of carbonyl (C=O) groups excluding carboxylic acids is 1. The third-order valence-electron chi connectivity index (χ3n) is 3.14. The fourth-order valence-corrected chi connectivity index (χ4v) is 2.00. The number of benzene rings is 2. The third-order valence-corrected chi connectivity index (χ3v) is 3.14. The van der Waals surface area contributed by atoms with E-state index in [1.54, 1.807) is 12.1 Å². The van der Waals surface area contributed by atoms with Gasteiger partial charge >= 0.3 is 6.01 Å². The van der Waals surface area contributed by atoms with Gasteiger partial charge in [0.25, 0.3) is 5.91 Å². The first-order chi connectivity index (χ1) is 11.8. The number of nitrogens with one attached hydrogen (secondary N) is 1. The van der Waals surface area contributed by atoms with Crippen LogP contribution in [0.4, 0.5) is 6.01 Å². The van der Waals surface area contributed by atoms with Crippen LogP contribution in [0.3, 0.4) is 0 Å². The molecule has 0 bridgehead atoms. The lowest BCUT2D eigenvalue weighted by Crippen LogP contribution is -2.13. The van der Waals surface area contributed by atoms with E-state index in [0.717, 1.165) is 11.1 Å². The number of nitrogens with zero attached hydrogens (tertiary/aromatic N) is 3. The zero-order valence-electron chi connectivity index (χ0n) is 12.5. The minimum Gasteiger partial charge on any atom is -0.403 e. The Bertz CT molecular complexity index is 909. The molecular weight excluding hydrogens is 304 g/mol. The predicted molar refractivity (Wildman–Crippen MR) is 88.4 cm³/mol. The molecule has 6 heteroatoms. The van der Waals surface area contributed by atoms with Crippen LogP contribution in [0.5, 0.6) is 0 Å². The molecule has 0 saturated heterocycles. The Labute approximate surface area is 138 Å². The molecule has 0 radical (unpaired) electrons. The highest BCUT2D eigenvalue weighted by Crippen LogP contribution is 2.19. The Morgan fingerprint density at radius 3 is 2.38 bits per heavy atom. The number of anilines is 1. The van der Waals surface area contributed by atoms with Gasteiger partial charge < -0.3 is 4.42 Å². The molecule has 0 atom stereocenters. The second kappa shape index (κ2) is 7.03. The summed E-state index contributed by atoms with van der Waals surface area (Å²) in [6.07, 6.45) is 1.49. The van der Waals surface area contributed by atoms with Gasteiger partial charge in [-0.2, -0.15) is 5.26 Å². The van der Waals surface area contributed by atoms with Crippen LogP contribution in [0.2, 0.25) is 0 Å². The maximum Gasteiger partial charge on any atom is 0.322 e. The molecule has 0 aliphatic heterocycles. The molecule has 1 N–H and O–H groups in total. The molecule has 1 heterocycles. The van der Waals surface area contributed by atoms with Gasteiger partial charge in [0.1, 0.15) is 11.6 Å². The van der Waals surface area contributed by atoms with E-state index in [1.165, 1.54) is 6.08 Å². The van der Waals surface area contributed by atoms with Crippen molar-refractivity contribution in [1.29, 1.82) is 5.26 Å². The van der Waals surface area contributed by atoms with Crippen molar-refractivity contribution in [3.05, 3.63) is 71.8 Å². The summed E-state index contributed by atoms with van der Waals surface area (Å²) >= 11 is 0. The Hall–Kier alpha value is -3.72. The molecule has 0 spiro atoms. The van der Waals surface area contributed by atoms with E-state index in [-0.39, 0.29) is 17.5 Å². The smallest absolute Gasteiger partial charge is 0.322 e. The van der Waals surface area contributed by atoms with Crippen molar-refractivity contribution in [3.63, 3.8) is 0 Å². The van der Waals surface area contributed by atoms with Crippen molar-refractivity contribution in [2.45, 2.75) is 0 Å². The molecule has 0 fully saturated rings. The summed E-state index contributed by atoms with van der Waals surface area (Å²) in [6, 6.07) is 20.1. The Morgan fingerprint density at radius 2 is 1.71 bits per heavy atom. The molecule has 116 valence electrons. The monoisotopic (exact) mass is 316 g/mol. The van der Waals surface area contributed by atoms with Gasteiger partial charge in [0.05, 0.1) is 0 Å². The molecule has 6 nitrogen and oxygen atoms in total. The lowest BCUT2D eigenvalue weighted by molar-refractivity contribution is -0.112. The van der Waals surface area contributed by atoms with Crippen molar-refractivity contribution in [2.24, 2.45) is 0 Å². The minimum atomic E-state index is -0.607. The summed E-state index contributed by atoms with van der Waals surface area (Å²) < 4.78 is 5.39. The Balaban J connectivity index is 1.76. The van der Waals surface area contributed by atoms with Gasteiger partial charge in [-0.1, -0.05) is 53.6 Å². The Kier molecular flexibility index (Phi) is 4.45. The highest BCUT2D eigenvalue weighted by Gasteiger charge is 2.14. The first kappa shape index (κ1) is 15.2. The molecule has 3 rings (SSSR count). The van der Waals surface area contributed by atoms with Crippen LogP contribution in [0.15, 0.2) is 70.7 Å². The van der Waals surface area contributed by atoms with Crippen LogP contribution in [-0.4, -0.2) is 16.1 Å². The first-order valence-electron chi connectivity index (χ1n) is 7.13. The second-order valence-corrected chi connectivity index (χ2v) is 4.81. The molecule has 1 aromatic heterocycles. The van der Waals surface area contributed by atoms with Crippen molar-refractivity contribution < 1.29 is 9.21 Å². The van der Waals surface area contributed by atoms with Gasteiger partial charge in [0.15, 0.2) is 0 Å². The van der Waals surface area contributed by atoms with Gasteiger partial charge in [-0.25, -0.2) is 0 Å². The summed E-state index contributed by atoms with van der Waals surface area (Å²) in [6.45, 7) is 0. The fourth-order valence-electron chi connectivity index (χ4n) is 2.00. The van der Waals surface area contributed by atoms with E-state index in [4.69, 9.17) is 4.42 Å². The van der Waals surface area contributed by atoms with E-state index >= 15 is 0 Å². The van der Waals surface area contributed by atoms with E-state index < -0.39 is 5.91 Å². The maximum atomic E-state index is 12.2. The van der Waals surface area contributed by atoms with Gasteiger partial charge in [0, 0.05) is 5.56 Å². The van der Waals surface area contributed by atoms with E-state index in [9.17, 15) is 10.1 Å². The normalized spacial score (nSPS) is 10.9. The average Bonchev–Trinajstić information content (AvgIpc) is 3.09. The molecule has 2 aromatic carbocycles. The minimum absolute atomic E-state index is 0.0549. The van der Waals surface area contributed by atoms with Crippen LogP contribution in [0.1, 0.15) is 5.56 Å². The number of amides is 1. The maximum absolute atomic E-state index is 12.2. The molecule has 0 unspecified atom stereocenters. The summed E-state index contributed by atoms with van der Waals surface area (Å²) in [4.78, 5) is 12.2. The van der Waals surface area contributed by atoms with Gasteiger partial charge in [-0.05, 0) is 23.8 Å². The molecule has 0 saturated carbocycles. The van der Waals surface area contributed by atoms with Crippen molar-refractivity contribution >= 4 is 18.0 Å². The predicted octanol–water partition coefficient (Wildman–Crippen LogP) is 3.28. The first-order valence-corrected chi connectivity index (χ1v) is 7.13. The van der Waals surface area contributed by atoms with Gasteiger partial charge in [-0.15, -0.1) is 5.10 Å². The molecule has 1 amide bonds. The van der Waals surface area contributed by atoms with Crippen LogP contribution in [0, 0.1) is 11.3 Å². The second-order valence-electron chi connectivity index (χ2n) is 4.81. The topological polar surface area (TPSA) is 91.8 Å². The lowest BCUT2D eigenvalue weighted by atomic mass is 10.1. The van der Waals surface area contributed by atoms with E-state index in [1.807, 2.05) is 54.6 Å². The summed E-state index contributed by atoms with van der Waals surface area (Å²) in [7, 11) is 0. The molecule has 3 aromatic rings. The molecule has 0 aliphatic carbocycles. The SMILES string of the molecule is N#C/C(=C\c1ccccc1)C(=O)Nc1nnc(-c2ccccc2)o1. The van der Waals surface area contributed by atoms with Crippen LogP contribution < -0.4 is 5.32 Å². The van der Waals surface area contributed by atoms with Crippen LogP contribution in [-0.2, 0) is 4.79 Å². The number of aromatic nitrogens is 2. The third kappa shape index (κ3) is 3.54. The van der Waals surface area contributed by atoms with Crippen molar-refractivity contribution in [2.75, 3.05) is 5.32 Å². The largest absolute Gasteiger partial charge is 0.403 e. The highest BCUT2D eigenvalue weighted by atomic mass is 16.4. The summed E-state index contributed by atoms with van der Waals surface area (Å²) in [5, 5.41) is 19.3. The van der Waals surface area contributed by atoms with E-state index in [2.05, 4.69) is 15.5 Å². The summed E-state index contributed by atoms with van der Waals surface area (Å²) in [5.74, 6) is -0.318. The van der Waals surface area contributed by atoms with Crippen molar-refractivity contribution in [1.82, 2.24) is 10.2 Å². The van der Waals surface area contributed by atoms with Gasteiger partial charge in [-0.3, -0.25) is 10.1 Å². The van der Waals surface area contributed by atoms with Crippen LogP contribution in [0.25, 0.3) is 17.5 Å². The zero-order chi connectivity index (χ0) is 16.8. The quantitative estimate of drug-likeness (QED) is 0.589. The summed E-state index contributed by atoms with van der Waals surface area (Å²) in [5.41, 5.74) is 1.44. The molecular formula is C18H12N4O2. The standard InChI is InChI=1S/C18H12N4O2/c19-12-15(11-13-7-3-1-4-8-13)16(23)20-18-22-21-17(24-18)14-9-5-2-6-10-14/h1-11H,(H,20,22,23)/b15-11+. The number of hydrogen-bond acceptors (Lipinski definition) is 5. The number of nitriles is 1. The molecule has 0 aliphatic rings. The number of hydrogen-bond donors (Lipinski definition) is 1. The van der Waals surface area contributed by atoms with E-state index in [0.29, 0.717) is 0 Å². The fraction of sp³-hybridized carbons (Fsp3) is 0. The number of rotatable bonds is 4. The Morgan fingerprint density at radius 1 is 1.04 bits per heavy atom. The molecule has 24 heavy (non-hydrogen) atoms. The average molecular weight is 316 g/mol. The highest BCUT2D eigenvalue weighted by molar-refractivity contribution is 6.08. The van der Waals surface area contributed by atoms with Crippen molar-refractivity contribution in [3.8, 4) is 17.5 Å². The van der Waals surface area contributed by atoms with Gasteiger partial charge in [0.2, 0.25) is 5.89 Å².